The van der Waals surface area contributed by atoms with Crippen LogP contribution in [0.2, 0.25) is 5.02 Å². The first-order valence-electron chi connectivity index (χ1n) is 18.4. The molecule has 8 atom stereocenters. The maximum atomic E-state index is 14.9. The summed E-state index contributed by atoms with van der Waals surface area (Å²) in [5, 5.41) is 30.4. The van der Waals surface area contributed by atoms with Crippen LogP contribution in [0, 0.1) is 5.92 Å². The van der Waals surface area contributed by atoms with E-state index in [1.54, 1.807) is 32.0 Å². The maximum absolute atomic E-state index is 14.9. The normalized spacial score (nSPS) is 32.8. The third kappa shape index (κ3) is 6.38. The number of methoxy groups -OCH3 is 1. The van der Waals surface area contributed by atoms with E-state index >= 15 is 0 Å². The van der Waals surface area contributed by atoms with E-state index in [4.69, 9.17) is 16.3 Å². The average Bonchev–Trinajstić information content (AvgIpc) is 3.64. The molecule has 0 aromatic heterocycles. The number of amides is 6. The summed E-state index contributed by atoms with van der Waals surface area (Å²) in [5.41, 5.74) is 2.19. The molecule has 19 heteroatoms. The van der Waals surface area contributed by atoms with Gasteiger partial charge in [-0.3, -0.25) is 33.8 Å². The Morgan fingerprint density at radius 3 is 2.44 bits per heavy atom. The average molecular weight is 781 g/mol. The molecule has 1 aromatic carbocycles. The second kappa shape index (κ2) is 14.5. The molecule has 3 saturated heterocycles. The maximum Gasteiger partial charge on any atom is 0.268 e. The monoisotopic (exact) mass is 780 g/mol. The molecule has 294 valence electrons. The van der Waals surface area contributed by atoms with Gasteiger partial charge in [-0.1, -0.05) is 31.5 Å². The van der Waals surface area contributed by atoms with E-state index < -0.39 is 89.4 Å². The fraction of sp³-hybridized carbons (Fsp3) is 0.556. The number of nitrogens with zero attached hydrogens (tertiary/aromatic N) is 7. The third-order valence-electron chi connectivity index (χ3n) is 11.3. The fourth-order valence-electron chi connectivity index (χ4n) is 8.19. The highest BCUT2D eigenvalue weighted by Gasteiger charge is 2.62. The van der Waals surface area contributed by atoms with Gasteiger partial charge in [-0.05, 0) is 56.7 Å². The first-order chi connectivity index (χ1) is 26.2. The highest BCUT2D eigenvalue weighted by Crippen LogP contribution is 2.50. The second-order valence-corrected chi connectivity index (χ2v) is 15.4. The standard InChI is InChI=1S/C36H45ClN10O8/c1-18(2)28-34(53)46-25(9-7-13-39-46)33(52)47-26(15-21(55-5)17-40-47)31(50)43(4)19(3)30(49)45-24(8-6-12-38-45)32(51)44-27(29(48)42-28)16-36(54)22-11-10-20(37)14-23(22)41-35(36)44/h10-11,13-15,17-19,24-28,35,38,41,54H,6-9,12,16H2,1-5H3,(H,42,48). The first-order valence-corrected chi connectivity index (χ1v) is 18.8. The molecule has 4 N–H and O–H groups in total. The summed E-state index contributed by atoms with van der Waals surface area (Å²) in [5.74, 6) is -4.37. The number of carbonyl (C=O) groups excluding carboxylic acids is 6. The molecule has 0 saturated carbocycles. The van der Waals surface area contributed by atoms with Crippen LogP contribution in [0.4, 0.5) is 5.69 Å². The number of rotatable bonds is 2. The molecular formula is C36H45ClN10O8. The van der Waals surface area contributed by atoms with E-state index in [-0.39, 0.29) is 25.0 Å². The van der Waals surface area contributed by atoms with Crippen LogP contribution in [0.25, 0.3) is 0 Å². The lowest BCUT2D eigenvalue weighted by molar-refractivity contribution is -0.161. The Morgan fingerprint density at radius 2 is 1.71 bits per heavy atom. The van der Waals surface area contributed by atoms with Gasteiger partial charge in [0.15, 0.2) is 6.04 Å². The van der Waals surface area contributed by atoms with Gasteiger partial charge in [-0.2, -0.15) is 10.2 Å². The minimum absolute atomic E-state index is 0.141. The molecule has 7 rings (SSSR count). The number of hydrazone groups is 2. The Hall–Kier alpha value is -5.07. The van der Waals surface area contributed by atoms with Crippen LogP contribution in [-0.2, 0) is 39.1 Å². The van der Waals surface area contributed by atoms with Crippen LogP contribution in [0.3, 0.4) is 0 Å². The number of hydrogen-bond donors (Lipinski definition) is 4. The molecule has 6 heterocycles. The summed E-state index contributed by atoms with van der Waals surface area (Å²) in [4.78, 5) is 89.3. The highest BCUT2D eigenvalue weighted by atomic mass is 35.5. The van der Waals surface area contributed by atoms with Gasteiger partial charge < -0.3 is 30.3 Å². The van der Waals surface area contributed by atoms with Crippen molar-refractivity contribution in [3.63, 3.8) is 0 Å². The van der Waals surface area contributed by atoms with Crippen molar-refractivity contribution in [2.75, 3.05) is 26.0 Å². The molecule has 0 aliphatic carbocycles. The molecule has 1 aromatic rings. The Kier molecular flexibility index (Phi) is 10.1. The van der Waals surface area contributed by atoms with Crippen LogP contribution in [-0.4, -0.2) is 141 Å². The Labute approximate surface area is 322 Å². The molecule has 0 radical (unpaired) electrons. The Morgan fingerprint density at radius 1 is 0.945 bits per heavy atom. The molecule has 3 fully saturated rings. The summed E-state index contributed by atoms with van der Waals surface area (Å²) in [7, 11) is 2.79. The molecule has 0 bridgehead atoms. The zero-order valence-corrected chi connectivity index (χ0v) is 31.9. The molecule has 0 spiro atoms. The number of ether oxygens (including phenoxy) is 1. The lowest BCUT2D eigenvalue weighted by Crippen LogP contribution is -2.66. The Balaban J connectivity index is 1.34. The topological polar surface area (TPSA) is 209 Å². The number of allylic oxidation sites excluding steroid dienone is 1. The number of likely N-dealkylation sites (N-methyl/N-ethyl adjacent to an activating group) is 1. The predicted octanol–water partition coefficient (Wildman–Crippen LogP) is 0.0807. The van der Waals surface area contributed by atoms with Gasteiger partial charge in [0, 0.05) is 42.5 Å². The summed E-state index contributed by atoms with van der Waals surface area (Å²) >= 11 is 6.29. The summed E-state index contributed by atoms with van der Waals surface area (Å²) < 4.78 is 5.34. The van der Waals surface area contributed by atoms with E-state index in [2.05, 4.69) is 26.3 Å². The summed E-state index contributed by atoms with van der Waals surface area (Å²) in [6.07, 6.45) is 3.95. The summed E-state index contributed by atoms with van der Waals surface area (Å²) in [6, 6.07) is -2.57. The van der Waals surface area contributed by atoms with Crippen molar-refractivity contribution in [2.24, 2.45) is 16.1 Å². The zero-order valence-electron chi connectivity index (χ0n) is 31.1. The van der Waals surface area contributed by atoms with Crippen LogP contribution < -0.4 is 16.1 Å². The van der Waals surface area contributed by atoms with Crippen molar-refractivity contribution in [1.29, 1.82) is 0 Å². The number of hydrogen-bond acceptors (Lipinski definition) is 12. The van der Waals surface area contributed by atoms with E-state index in [0.29, 0.717) is 35.7 Å². The minimum Gasteiger partial charge on any atom is -0.495 e. The van der Waals surface area contributed by atoms with Gasteiger partial charge in [-0.15, -0.1) is 0 Å². The van der Waals surface area contributed by atoms with Gasteiger partial charge in [-0.25, -0.2) is 15.4 Å². The van der Waals surface area contributed by atoms with Crippen LogP contribution in [0.1, 0.15) is 58.4 Å². The van der Waals surface area contributed by atoms with Gasteiger partial charge in [0.25, 0.3) is 23.6 Å². The third-order valence-corrected chi connectivity index (χ3v) is 11.6. The van der Waals surface area contributed by atoms with Crippen LogP contribution >= 0.6 is 11.6 Å². The zero-order chi connectivity index (χ0) is 39.5. The number of benzene rings is 1. The Bertz CT molecular complexity index is 1910. The lowest BCUT2D eigenvalue weighted by Gasteiger charge is -2.42. The van der Waals surface area contributed by atoms with Gasteiger partial charge in [0.2, 0.25) is 11.8 Å². The number of halogens is 1. The van der Waals surface area contributed by atoms with Crippen molar-refractivity contribution < 1.29 is 38.6 Å². The van der Waals surface area contributed by atoms with Crippen molar-refractivity contribution in [3.05, 3.63) is 40.6 Å². The van der Waals surface area contributed by atoms with Crippen molar-refractivity contribution in [3.8, 4) is 0 Å². The number of anilines is 1. The van der Waals surface area contributed by atoms with Gasteiger partial charge in [0.05, 0.1) is 13.3 Å². The second-order valence-electron chi connectivity index (χ2n) is 15.0. The first kappa shape index (κ1) is 38.2. The molecule has 6 aliphatic rings. The summed E-state index contributed by atoms with van der Waals surface area (Å²) in [6.45, 7) is 5.28. The highest BCUT2D eigenvalue weighted by molar-refractivity contribution is 6.31. The molecule has 18 nitrogen and oxygen atoms in total. The quantitative estimate of drug-likeness (QED) is 0.318. The van der Waals surface area contributed by atoms with Crippen molar-refractivity contribution in [1.82, 2.24) is 35.6 Å². The smallest absolute Gasteiger partial charge is 0.268 e. The van der Waals surface area contributed by atoms with Gasteiger partial charge >= 0.3 is 0 Å². The number of hydrazine groups is 1. The SMILES string of the molecule is COC1=CC2C(=O)N(C)C(C)C(=O)N3NCCCC3C(=O)N3C(CC4(O)c5ccc(Cl)cc5NC34)C(=O)NC(C(C)C)C(=O)N3N=CCCC3C(=O)N2N=C1. The predicted molar refractivity (Wildman–Crippen MR) is 197 cm³/mol. The molecular weight excluding hydrogens is 736 g/mol. The van der Waals surface area contributed by atoms with Crippen molar-refractivity contribution in [2.45, 2.75) is 101 Å². The molecule has 8 unspecified atom stereocenters. The van der Waals surface area contributed by atoms with Crippen LogP contribution in [0.15, 0.2) is 40.2 Å². The molecule has 55 heavy (non-hydrogen) atoms. The lowest BCUT2D eigenvalue weighted by atomic mass is 9.91. The van der Waals surface area contributed by atoms with E-state index in [1.165, 1.54) is 54.4 Å². The van der Waals surface area contributed by atoms with E-state index in [0.717, 1.165) is 10.0 Å². The molecule has 6 aliphatic heterocycles. The number of carbonyl (C=O) groups is 6. The van der Waals surface area contributed by atoms with E-state index in [9.17, 15) is 33.9 Å². The molecule has 6 amide bonds. The van der Waals surface area contributed by atoms with Crippen molar-refractivity contribution >= 4 is 65.2 Å². The number of fused-ring (bicyclic) bond motifs is 8. The van der Waals surface area contributed by atoms with Gasteiger partial charge in [0.1, 0.15) is 47.7 Å². The number of aliphatic hydroxyl groups is 1. The minimum atomic E-state index is -1.75. The number of nitrogens with one attached hydrogen (secondary N) is 3. The fourth-order valence-corrected chi connectivity index (χ4v) is 8.36. The van der Waals surface area contributed by atoms with E-state index in [1.807, 2.05) is 0 Å². The van der Waals surface area contributed by atoms with Crippen LogP contribution in [0.5, 0.6) is 0 Å². The largest absolute Gasteiger partial charge is 0.495 e.